The number of methoxy groups -OCH3 is 1. The van der Waals surface area contributed by atoms with Crippen molar-refractivity contribution in [1.29, 1.82) is 0 Å². The second-order valence-corrected chi connectivity index (χ2v) is 9.08. The summed E-state index contributed by atoms with van der Waals surface area (Å²) < 4.78 is 5.55. The van der Waals surface area contributed by atoms with E-state index < -0.39 is 5.97 Å². The average molecular weight is 446 g/mol. The Morgan fingerprint density at radius 1 is 1.09 bits per heavy atom. The van der Waals surface area contributed by atoms with Crippen LogP contribution in [0.4, 0.5) is 0 Å². The largest absolute Gasteiger partial charge is 0.496 e. The molecule has 4 aromatic rings. The van der Waals surface area contributed by atoms with Crippen LogP contribution in [0.25, 0.3) is 21.8 Å². The quantitative estimate of drug-likeness (QED) is 0.310. The second-order valence-electron chi connectivity index (χ2n) is 9.08. The Labute approximate surface area is 193 Å². The lowest BCUT2D eigenvalue weighted by Gasteiger charge is -2.32. The molecule has 0 amide bonds. The Kier molecular flexibility index (Phi) is 6.09. The molecule has 2 aromatic carbocycles. The van der Waals surface area contributed by atoms with Gasteiger partial charge in [0.05, 0.1) is 12.7 Å². The zero-order chi connectivity index (χ0) is 22.8. The summed E-state index contributed by atoms with van der Waals surface area (Å²) in [6, 6.07) is 11.5. The molecule has 3 heterocycles. The van der Waals surface area contributed by atoms with E-state index in [9.17, 15) is 9.90 Å². The van der Waals surface area contributed by atoms with Gasteiger partial charge in [-0.25, -0.2) is 4.79 Å². The van der Waals surface area contributed by atoms with Gasteiger partial charge >= 0.3 is 5.97 Å². The van der Waals surface area contributed by atoms with Crippen molar-refractivity contribution in [3.05, 3.63) is 65.5 Å². The molecule has 0 atom stereocenters. The maximum absolute atomic E-state index is 11.4. The van der Waals surface area contributed by atoms with Crippen LogP contribution in [-0.2, 0) is 6.42 Å². The number of aromatic amines is 2. The van der Waals surface area contributed by atoms with Crippen LogP contribution < -0.4 is 4.74 Å². The number of benzene rings is 2. The molecule has 1 fully saturated rings. The van der Waals surface area contributed by atoms with Crippen LogP contribution in [0.3, 0.4) is 0 Å². The number of carboxylic acid groups (broad SMARTS) is 1. The number of aromatic carboxylic acids is 1. The van der Waals surface area contributed by atoms with E-state index in [0.717, 1.165) is 67.5 Å². The highest BCUT2D eigenvalue weighted by atomic mass is 16.5. The first kappa shape index (κ1) is 21.6. The molecule has 0 bridgehead atoms. The average Bonchev–Trinajstić information content (AvgIpc) is 3.46. The lowest BCUT2D eigenvalue weighted by molar-refractivity contribution is 0.0697. The smallest absolute Gasteiger partial charge is 0.335 e. The number of rotatable bonds is 8. The van der Waals surface area contributed by atoms with Gasteiger partial charge < -0.3 is 24.7 Å². The summed E-state index contributed by atoms with van der Waals surface area (Å²) in [7, 11) is 1.73. The SMILES string of the molecule is COc1cccc2[nH]cc(CCCCN3CCC(c4c[nH]c5ccc(C(=O)O)cc45)CC3)c12. The Bertz CT molecular complexity index is 1260. The molecule has 1 saturated heterocycles. The summed E-state index contributed by atoms with van der Waals surface area (Å²) in [4.78, 5) is 20.6. The summed E-state index contributed by atoms with van der Waals surface area (Å²) in [5.41, 5.74) is 5.11. The molecule has 1 aliphatic rings. The molecule has 172 valence electrons. The number of nitrogens with one attached hydrogen (secondary N) is 2. The maximum Gasteiger partial charge on any atom is 0.335 e. The van der Waals surface area contributed by atoms with Crippen molar-refractivity contribution in [2.24, 2.45) is 0 Å². The second kappa shape index (κ2) is 9.32. The first-order valence-electron chi connectivity index (χ1n) is 11.8. The van der Waals surface area contributed by atoms with Gasteiger partial charge in [0, 0.05) is 34.2 Å². The van der Waals surface area contributed by atoms with Gasteiger partial charge in [0.15, 0.2) is 0 Å². The van der Waals surface area contributed by atoms with Crippen LogP contribution in [0.15, 0.2) is 48.8 Å². The van der Waals surface area contributed by atoms with Gasteiger partial charge in [-0.3, -0.25) is 0 Å². The molecule has 0 radical (unpaired) electrons. The fourth-order valence-corrected chi connectivity index (χ4v) is 5.32. The summed E-state index contributed by atoms with van der Waals surface area (Å²) in [5, 5.41) is 11.6. The van der Waals surface area contributed by atoms with Crippen molar-refractivity contribution in [3.63, 3.8) is 0 Å². The van der Waals surface area contributed by atoms with Gasteiger partial charge in [0.2, 0.25) is 0 Å². The van der Waals surface area contributed by atoms with Crippen LogP contribution in [-0.4, -0.2) is 52.7 Å². The molecule has 0 spiro atoms. The van der Waals surface area contributed by atoms with Crippen molar-refractivity contribution < 1.29 is 14.6 Å². The van der Waals surface area contributed by atoms with Gasteiger partial charge in [-0.15, -0.1) is 0 Å². The number of ether oxygens (including phenoxy) is 1. The zero-order valence-electron chi connectivity index (χ0n) is 19.1. The maximum atomic E-state index is 11.4. The number of fused-ring (bicyclic) bond motifs is 2. The Morgan fingerprint density at radius 2 is 1.91 bits per heavy atom. The highest BCUT2D eigenvalue weighted by Gasteiger charge is 2.23. The molecule has 0 unspecified atom stereocenters. The van der Waals surface area contributed by atoms with Gasteiger partial charge in [-0.1, -0.05) is 6.07 Å². The highest BCUT2D eigenvalue weighted by Crippen LogP contribution is 2.34. The predicted octanol–water partition coefficient (Wildman–Crippen LogP) is 5.56. The molecule has 0 aliphatic carbocycles. The number of carboxylic acids is 1. The van der Waals surface area contributed by atoms with E-state index in [0.29, 0.717) is 11.5 Å². The molecule has 6 nitrogen and oxygen atoms in total. The number of hydrogen-bond donors (Lipinski definition) is 3. The first-order chi connectivity index (χ1) is 16.1. The standard InChI is InChI=1S/C27H31N3O3/c1-33-25-7-4-6-24-26(25)20(16-28-24)5-2-3-12-30-13-10-18(11-14-30)22-17-29-23-9-8-19(27(31)32)15-21(22)23/h4,6-9,15-18,28-29H,2-3,5,10-14H2,1H3,(H,31,32). The topological polar surface area (TPSA) is 81.3 Å². The molecule has 33 heavy (non-hydrogen) atoms. The Balaban J connectivity index is 1.13. The van der Waals surface area contributed by atoms with Crippen molar-refractivity contribution in [2.45, 2.75) is 38.0 Å². The normalized spacial score (nSPS) is 15.4. The number of aryl methyl sites for hydroxylation is 1. The number of likely N-dealkylation sites (tertiary alicyclic amines) is 1. The fourth-order valence-electron chi connectivity index (χ4n) is 5.32. The van der Waals surface area contributed by atoms with Crippen LogP contribution in [0, 0.1) is 0 Å². The van der Waals surface area contributed by atoms with E-state index in [4.69, 9.17) is 4.74 Å². The molecule has 0 saturated carbocycles. The van der Waals surface area contributed by atoms with E-state index >= 15 is 0 Å². The summed E-state index contributed by atoms with van der Waals surface area (Å²) >= 11 is 0. The van der Waals surface area contributed by atoms with E-state index in [2.05, 4.69) is 33.3 Å². The van der Waals surface area contributed by atoms with Gasteiger partial charge in [-0.2, -0.15) is 0 Å². The van der Waals surface area contributed by atoms with Crippen molar-refractivity contribution >= 4 is 27.8 Å². The molecule has 3 N–H and O–H groups in total. The molecule has 1 aliphatic heterocycles. The minimum atomic E-state index is -0.870. The summed E-state index contributed by atoms with van der Waals surface area (Å²) in [6.45, 7) is 3.32. The number of hydrogen-bond acceptors (Lipinski definition) is 3. The van der Waals surface area contributed by atoms with Gasteiger partial charge in [0.25, 0.3) is 0 Å². The highest BCUT2D eigenvalue weighted by molar-refractivity contribution is 5.95. The Hall–Kier alpha value is -3.25. The molecule has 5 rings (SSSR count). The molecule has 2 aromatic heterocycles. The summed E-state index contributed by atoms with van der Waals surface area (Å²) in [5.74, 6) is 0.557. The molecular weight excluding hydrogens is 414 g/mol. The monoisotopic (exact) mass is 445 g/mol. The van der Waals surface area contributed by atoms with Crippen LogP contribution in [0.1, 0.15) is 53.1 Å². The number of piperidine rings is 1. The summed E-state index contributed by atoms with van der Waals surface area (Å²) in [6.07, 6.45) is 9.82. The molecular formula is C27H31N3O3. The van der Waals surface area contributed by atoms with Gasteiger partial charge in [-0.05, 0) is 99.1 Å². The van der Waals surface area contributed by atoms with Crippen LogP contribution in [0.5, 0.6) is 5.75 Å². The number of carbonyl (C=O) groups is 1. The fraction of sp³-hybridized carbons (Fsp3) is 0.370. The van der Waals surface area contributed by atoms with E-state index in [1.54, 1.807) is 13.2 Å². The predicted molar refractivity (Wildman–Crippen MR) is 131 cm³/mol. The number of aromatic nitrogens is 2. The van der Waals surface area contributed by atoms with Crippen molar-refractivity contribution in [1.82, 2.24) is 14.9 Å². The van der Waals surface area contributed by atoms with Gasteiger partial charge in [0.1, 0.15) is 5.75 Å². The van der Waals surface area contributed by atoms with E-state index in [1.807, 2.05) is 24.3 Å². The van der Waals surface area contributed by atoms with E-state index in [1.165, 1.54) is 22.9 Å². The van der Waals surface area contributed by atoms with Crippen molar-refractivity contribution in [2.75, 3.05) is 26.7 Å². The third-order valence-electron chi connectivity index (χ3n) is 7.13. The van der Waals surface area contributed by atoms with Crippen LogP contribution >= 0.6 is 0 Å². The lowest BCUT2D eigenvalue weighted by Crippen LogP contribution is -2.33. The zero-order valence-corrected chi connectivity index (χ0v) is 19.1. The number of H-pyrrole nitrogens is 2. The minimum absolute atomic E-state index is 0.355. The minimum Gasteiger partial charge on any atom is -0.496 e. The first-order valence-corrected chi connectivity index (χ1v) is 11.8. The number of nitrogens with zero attached hydrogens (tertiary/aromatic N) is 1. The third-order valence-corrected chi connectivity index (χ3v) is 7.13. The van der Waals surface area contributed by atoms with Crippen LogP contribution in [0.2, 0.25) is 0 Å². The lowest BCUT2D eigenvalue weighted by atomic mass is 9.88. The Morgan fingerprint density at radius 3 is 2.70 bits per heavy atom. The number of unbranched alkanes of at least 4 members (excludes halogenated alkanes) is 1. The molecule has 6 heteroatoms. The van der Waals surface area contributed by atoms with Crippen molar-refractivity contribution in [3.8, 4) is 5.75 Å². The third kappa shape index (κ3) is 4.35. The van der Waals surface area contributed by atoms with E-state index in [-0.39, 0.29) is 0 Å².